The molecule has 3 aromatic heterocycles. The highest BCUT2D eigenvalue weighted by molar-refractivity contribution is 5.94. The van der Waals surface area contributed by atoms with Crippen LogP contribution in [0.1, 0.15) is 10.4 Å². The second-order valence-corrected chi connectivity index (χ2v) is 6.46. The number of rotatable bonds is 3. The zero-order chi connectivity index (χ0) is 18.8. The molecule has 138 valence electrons. The van der Waals surface area contributed by atoms with Crippen molar-refractivity contribution in [2.75, 3.05) is 31.1 Å². The fourth-order valence-corrected chi connectivity index (χ4v) is 3.18. The molecule has 0 atom stereocenters. The summed E-state index contributed by atoms with van der Waals surface area (Å²) in [6.07, 6.45) is 5.48. The Bertz CT molecular complexity index is 986. The van der Waals surface area contributed by atoms with Crippen molar-refractivity contribution >= 4 is 11.7 Å². The first-order chi connectivity index (χ1) is 13.1. The molecule has 1 aliphatic heterocycles. The third kappa shape index (κ3) is 3.33. The summed E-state index contributed by atoms with van der Waals surface area (Å²) in [7, 11) is 1.65. The van der Waals surface area contributed by atoms with Gasteiger partial charge in [-0.3, -0.25) is 9.59 Å². The Morgan fingerprint density at radius 2 is 1.56 bits per heavy atom. The second-order valence-electron chi connectivity index (χ2n) is 6.46. The maximum absolute atomic E-state index is 12.7. The van der Waals surface area contributed by atoms with E-state index in [0.29, 0.717) is 26.2 Å². The molecular formula is C19H20N6O2. The largest absolute Gasteiger partial charge is 0.352 e. The first kappa shape index (κ1) is 17.0. The Morgan fingerprint density at radius 1 is 0.889 bits per heavy atom. The summed E-state index contributed by atoms with van der Waals surface area (Å²) in [5.41, 5.74) is -0.0549. The summed E-state index contributed by atoms with van der Waals surface area (Å²) in [6.45, 7) is 2.38. The molecule has 0 radical (unpaired) electrons. The molecular weight excluding hydrogens is 344 g/mol. The number of pyridine rings is 1. The van der Waals surface area contributed by atoms with Crippen LogP contribution in [0.25, 0.3) is 5.82 Å². The Labute approximate surface area is 156 Å². The maximum Gasteiger partial charge on any atom is 0.263 e. The van der Waals surface area contributed by atoms with Crippen LogP contribution in [0.5, 0.6) is 0 Å². The minimum absolute atomic E-state index is 0.212. The molecule has 0 saturated carbocycles. The van der Waals surface area contributed by atoms with Gasteiger partial charge in [0.15, 0.2) is 11.6 Å². The van der Waals surface area contributed by atoms with E-state index in [0.717, 1.165) is 11.6 Å². The van der Waals surface area contributed by atoms with Crippen molar-refractivity contribution in [3.63, 3.8) is 0 Å². The summed E-state index contributed by atoms with van der Waals surface area (Å²) in [5, 5.41) is 8.58. The van der Waals surface area contributed by atoms with Crippen LogP contribution in [0.4, 0.5) is 5.82 Å². The van der Waals surface area contributed by atoms with Gasteiger partial charge in [0, 0.05) is 51.8 Å². The molecule has 8 nitrogen and oxygen atoms in total. The minimum atomic E-state index is -0.267. The molecule has 1 aliphatic rings. The lowest BCUT2D eigenvalue weighted by molar-refractivity contribution is 0.0744. The molecule has 4 rings (SSSR count). The van der Waals surface area contributed by atoms with Crippen LogP contribution >= 0.6 is 0 Å². The molecule has 1 fully saturated rings. The van der Waals surface area contributed by atoms with Gasteiger partial charge < -0.3 is 18.9 Å². The standard InChI is InChI=1S/C19H20N6O2/c1-22-8-4-5-15(18(22)26)19(27)25-13-11-24(12-14-25)17-7-6-16(20-21-17)23-9-2-3-10-23/h2-10H,11-14H2,1H3. The molecule has 8 heteroatoms. The van der Waals surface area contributed by atoms with E-state index in [1.807, 2.05) is 41.2 Å². The van der Waals surface area contributed by atoms with Gasteiger partial charge in [-0.2, -0.15) is 0 Å². The predicted octanol–water partition coefficient (Wildman–Crippen LogP) is 0.928. The van der Waals surface area contributed by atoms with E-state index in [-0.39, 0.29) is 17.0 Å². The highest BCUT2D eigenvalue weighted by atomic mass is 16.2. The number of amides is 1. The number of carbonyl (C=O) groups excluding carboxylic acids is 1. The maximum atomic E-state index is 12.7. The van der Waals surface area contributed by atoms with Gasteiger partial charge in [0.2, 0.25) is 0 Å². The monoisotopic (exact) mass is 364 g/mol. The van der Waals surface area contributed by atoms with Gasteiger partial charge in [-0.25, -0.2) is 0 Å². The van der Waals surface area contributed by atoms with E-state index in [9.17, 15) is 9.59 Å². The molecule has 1 saturated heterocycles. The molecule has 0 aliphatic carbocycles. The number of aryl methyl sites for hydroxylation is 1. The minimum Gasteiger partial charge on any atom is -0.352 e. The molecule has 0 aromatic carbocycles. The smallest absolute Gasteiger partial charge is 0.263 e. The molecule has 27 heavy (non-hydrogen) atoms. The van der Waals surface area contributed by atoms with Crippen molar-refractivity contribution in [3.05, 3.63) is 70.9 Å². The number of aromatic nitrogens is 4. The summed E-state index contributed by atoms with van der Waals surface area (Å²) < 4.78 is 3.32. The molecule has 0 spiro atoms. The van der Waals surface area contributed by atoms with Crippen LogP contribution in [0.3, 0.4) is 0 Å². The van der Waals surface area contributed by atoms with Gasteiger partial charge in [-0.15, -0.1) is 10.2 Å². The topological polar surface area (TPSA) is 76.3 Å². The van der Waals surface area contributed by atoms with Crippen LogP contribution in [0, 0.1) is 0 Å². The van der Waals surface area contributed by atoms with Crippen molar-refractivity contribution in [1.82, 2.24) is 24.2 Å². The normalized spacial score (nSPS) is 14.4. The molecule has 1 amide bonds. The number of hydrogen-bond donors (Lipinski definition) is 0. The average molecular weight is 364 g/mol. The van der Waals surface area contributed by atoms with Gasteiger partial charge in [0.05, 0.1) is 0 Å². The lowest BCUT2D eigenvalue weighted by Crippen LogP contribution is -2.50. The van der Waals surface area contributed by atoms with Crippen molar-refractivity contribution in [3.8, 4) is 5.82 Å². The van der Waals surface area contributed by atoms with E-state index >= 15 is 0 Å². The fourth-order valence-electron chi connectivity index (χ4n) is 3.18. The Morgan fingerprint density at radius 3 is 2.22 bits per heavy atom. The quantitative estimate of drug-likeness (QED) is 0.691. The lowest BCUT2D eigenvalue weighted by atomic mass is 10.2. The van der Waals surface area contributed by atoms with Crippen LogP contribution in [0.2, 0.25) is 0 Å². The molecule has 3 aromatic rings. The molecule has 0 N–H and O–H groups in total. The first-order valence-electron chi connectivity index (χ1n) is 8.80. The fraction of sp³-hybridized carbons (Fsp3) is 0.263. The van der Waals surface area contributed by atoms with Crippen molar-refractivity contribution in [2.45, 2.75) is 0 Å². The van der Waals surface area contributed by atoms with Crippen LogP contribution in [-0.2, 0) is 7.05 Å². The Balaban J connectivity index is 1.42. The molecule has 4 heterocycles. The van der Waals surface area contributed by atoms with Crippen molar-refractivity contribution < 1.29 is 4.79 Å². The van der Waals surface area contributed by atoms with Gasteiger partial charge in [0.1, 0.15) is 5.56 Å². The van der Waals surface area contributed by atoms with Gasteiger partial charge in [-0.1, -0.05) is 0 Å². The van der Waals surface area contributed by atoms with E-state index in [1.165, 1.54) is 4.57 Å². The number of anilines is 1. The number of carbonyl (C=O) groups is 1. The Hall–Kier alpha value is -3.42. The van der Waals surface area contributed by atoms with Crippen LogP contribution in [-0.4, -0.2) is 56.3 Å². The van der Waals surface area contributed by atoms with E-state index in [1.54, 1.807) is 30.3 Å². The van der Waals surface area contributed by atoms with E-state index in [2.05, 4.69) is 15.1 Å². The summed E-state index contributed by atoms with van der Waals surface area (Å²) in [5.74, 6) is 1.33. The number of piperazine rings is 1. The summed E-state index contributed by atoms with van der Waals surface area (Å²) >= 11 is 0. The molecule has 0 bridgehead atoms. The van der Waals surface area contributed by atoms with Crippen molar-refractivity contribution in [1.29, 1.82) is 0 Å². The van der Waals surface area contributed by atoms with Crippen LogP contribution < -0.4 is 10.5 Å². The van der Waals surface area contributed by atoms with Gasteiger partial charge >= 0.3 is 0 Å². The average Bonchev–Trinajstić information content (AvgIpc) is 3.25. The highest BCUT2D eigenvalue weighted by Crippen LogP contribution is 2.15. The third-order valence-electron chi connectivity index (χ3n) is 4.75. The van der Waals surface area contributed by atoms with E-state index < -0.39 is 0 Å². The second kappa shape index (κ2) is 7.06. The zero-order valence-electron chi connectivity index (χ0n) is 15.0. The number of hydrogen-bond acceptors (Lipinski definition) is 5. The van der Waals surface area contributed by atoms with E-state index in [4.69, 9.17) is 0 Å². The predicted molar refractivity (Wildman–Crippen MR) is 101 cm³/mol. The summed E-state index contributed by atoms with van der Waals surface area (Å²) in [6, 6.07) is 11.0. The zero-order valence-corrected chi connectivity index (χ0v) is 15.0. The Kier molecular flexibility index (Phi) is 4.45. The van der Waals surface area contributed by atoms with Crippen molar-refractivity contribution in [2.24, 2.45) is 7.05 Å². The molecule has 0 unspecified atom stereocenters. The lowest BCUT2D eigenvalue weighted by Gasteiger charge is -2.35. The van der Waals surface area contributed by atoms with Gasteiger partial charge in [0.25, 0.3) is 11.5 Å². The SMILES string of the molecule is Cn1cccc(C(=O)N2CCN(c3ccc(-n4cccc4)nn3)CC2)c1=O. The summed E-state index contributed by atoms with van der Waals surface area (Å²) in [4.78, 5) is 28.6. The highest BCUT2D eigenvalue weighted by Gasteiger charge is 2.24. The van der Waals surface area contributed by atoms with Gasteiger partial charge in [-0.05, 0) is 36.4 Å². The third-order valence-corrected chi connectivity index (χ3v) is 4.75. The van der Waals surface area contributed by atoms with Crippen LogP contribution in [0.15, 0.2) is 59.8 Å². The number of nitrogens with zero attached hydrogens (tertiary/aromatic N) is 6. The first-order valence-corrected chi connectivity index (χ1v) is 8.80.